The average molecular weight is 378 g/mol. The quantitative estimate of drug-likeness (QED) is 0.641. The molecule has 2 amide bonds. The van der Waals surface area contributed by atoms with E-state index in [1.165, 1.54) is 0 Å². The molecule has 1 rings (SSSR count). The topological polar surface area (TPSA) is 61.9 Å². The fourth-order valence-corrected chi connectivity index (χ4v) is 3.05. The van der Waals surface area contributed by atoms with E-state index in [1.54, 1.807) is 7.11 Å². The number of rotatable bonds is 11. The monoisotopic (exact) mass is 377 g/mol. The molecule has 0 saturated carbocycles. The highest BCUT2D eigenvalue weighted by molar-refractivity contribution is 5.91. The molecule has 0 aliphatic heterocycles. The number of hydrogen-bond acceptors (Lipinski definition) is 4. The summed E-state index contributed by atoms with van der Waals surface area (Å²) in [6.45, 7) is 7.45. The fraction of sp³-hybridized carbons (Fsp3) is 0.619. The predicted molar refractivity (Wildman–Crippen MR) is 111 cm³/mol. The van der Waals surface area contributed by atoms with Crippen LogP contribution < -0.4 is 10.2 Å². The lowest BCUT2D eigenvalue weighted by Crippen LogP contribution is -2.38. The molecule has 0 aromatic heterocycles. The van der Waals surface area contributed by atoms with Gasteiger partial charge in [-0.2, -0.15) is 0 Å². The van der Waals surface area contributed by atoms with E-state index in [0.717, 1.165) is 29.8 Å². The van der Waals surface area contributed by atoms with Gasteiger partial charge in [0.2, 0.25) is 11.8 Å². The number of benzene rings is 1. The highest BCUT2D eigenvalue weighted by atomic mass is 16.5. The second kappa shape index (κ2) is 11.6. The second-order valence-corrected chi connectivity index (χ2v) is 6.91. The van der Waals surface area contributed by atoms with Crippen molar-refractivity contribution in [2.24, 2.45) is 5.92 Å². The lowest BCUT2D eigenvalue weighted by atomic mass is 10.0. The summed E-state index contributed by atoms with van der Waals surface area (Å²) >= 11 is 0. The molecule has 0 atom stereocenters. The van der Waals surface area contributed by atoms with E-state index in [0.29, 0.717) is 26.1 Å². The standard InChI is InChI=1S/C21H35N3O3/c1-7-16(8-2)21(26)24(12-13-27-6)15-17-14-18(22-20(25)9-3)10-11-19(17)23(4)5/h10-11,14,16H,7-9,12-13,15H2,1-6H3,(H,22,25). The van der Waals surface area contributed by atoms with E-state index >= 15 is 0 Å². The van der Waals surface area contributed by atoms with Crippen molar-refractivity contribution in [2.75, 3.05) is 44.6 Å². The van der Waals surface area contributed by atoms with E-state index in [1.807, 2.05) is 62.9 Å². The first-order valence-electron chi connectivity index (χ1n) is 9.75. The molecule has 0 fully saturated rings. The largest absolute Gasteiger partial charge is 0.383 e. The van der Waals surface area contributed by atoms with Crippen LogP contribution in [0.3, 0.4) is 0 Å². The van der Waals surface area contributed by atoms with Gasteiger partial charge >= 0.3 is 0 Å². The first-order valence-corrected chi connectivity index (χ1v) is 9.75. The Morgan fingerprint density at radius 1 is 1.15 bits per heavy atom. The van der Waals surface area contributed by atoms with Crippen LogP contribution in [0.15, 0.2) is 18.2 Å². The summed E-state index contributed by atoms with van der Waals surface area (Å²) in [6, 6.07) is 5.84. The van der Waals surface area contributed by atoms with Crippen LogP contribution in [0.5, 0.6) is 0 Å². The third-order valence-corrected chi connectivity index (χ3v) is 4.74. The van der Waals surface area contributed by atoms with Crippen molar-refractivity contribution in [3.05, 3.63) is 23.8 Å². The Bertz CT molecular complexity index is 613. The molecule has 1 aromatic carbocycles. The lowest BCUT2D eigenvalue weighted by Gasteiger charge is -2.28. The van der Waals surface area contributed by atoms with Gasteiger partial charge in [-0.25, -0.2) is 0 Å². The molecular weight excluding hydrogens is 342 g/mol. The Balaban J connectivity index is 3.17. The first-order chi connectivity index (χ1) is 12.9. The number of amides is 2. The molecule has 6 nitrogen and oxygen atoms in total. The number of anilines is 2. The third kappa shape index (κ3) is 6.86. The molecule has 0 radical (unpaired) electrons. The van der Waals surface area contributed by atoms with Gasteiger partial charge in [-0.15, -0.1) is 0 Å². The maximum absolute atomic E-state index is 13.0. The molecule has 152 valence electrons. The number of methoxy groups -OCH3 is 1. The zero-order chi connectivity index (χ0) is 20.4. The van der Waals surface area contributed by atoms with Crippen LogP contribution in [0, 0.1) is 5.92 Å². The summed E-state index contributed by atoms with van der Waals surface area (Å²) in [5, 5.41) is 2.90. The Hall–Kier alpha value is -2.08. The van der Waals surface area contributed by atoms with Crippen molar-refractivity contribution in [1.29, 1.82) is 0 Å². The van der Waals surface area contributed by atoms with Crippen LogP contribution >= 0.6 is 0 Å². The summed E-state index contributed by atoms with van der Waals surface area (Å²) in [5.74, 6) is 0.153. The highest BCUT2D eigenvalue weighted by Crippen LogP contribution is 2.26. The van der Waals surface area contributed by atoms with Gasteiger partial charge in [-0.3, -0.25) is 9.59 Å². The molecular formula is C21H35N3O3. The molecule has 0 aliphatic rings. The highest BCUT2D eigenvalue weighted by Gasteiger charge is 2.23. The number of carbonyl (C=O) groups excluding carboxylic acids is 2. The number of ether oxygens (including phenoxy) is 1. The Morgan fingerprint density at radius 2 is 1.81 bits per heavy atom. The third-order valence-electron chi connectivity index (χ3n) is 4.74. The average Bonchev–Trinajstić information content (AvgIpc) is 2.65. The van der Waals surface area contributed by atoms with Crippen molar-refractivity contribution in [1.82, 2.24) is 4.90 Å². The van der Waals surface area contributed by atoms with Gasteiger partial charge < -0.3 is 19.9 Å². The van der Waals surface area contributed by atoms with Gasteiger partial charge in [0, 0.05) is 58.0 Å². The van der Waals surface area contributed by atoms with Crippen LogP contribution in [-0.4, -0.2) is 51.1 Å². The summed E-state index contributed by atoms with van der Waals surface area (Å²) in [4.78, 5) is 28.6. The van der Waals surface area contributed by atoms with Crippen molar-refractivity contribution >= 4 is 23.2 Å². The zero-order valence-corrected chi connectivity index (χ0v) is 17.7. The van der Waals surface area contributed by atoms with Gasteiger partial charge in [-0.05, 0) is 36.6 Å². The molecule has 0 bridgehead atoms. The van der Waals surface area contributed by atoms with E-state index in [9.17, 15) is 9.59 Å². The van der Waals surface area contributed by atoms with Crippen LogP contribution in [0.4, 0.5) is 11.4 Å². The second-order valence-electron chi connectivity index (χ2n) is 6.91. The van der Waals surface area contributed by atoms with Crippen molar-refractivity contribution in [2.45, 2.75) is 46.6 Å². The van der Waals surface area contributed by atoms with E-state index in [2.05, 4.69) is 5.32 Å². The summed E-state index contributed by atoms with van der Waals surface area (Å²) in [6.07, 6.45) is 2.08. The smallest absolute Gasteiger partial charge is 0.226 e. The zero-order valence-electron chi connectivity index (χ0n) is 17.7. The van der Waals surface area contributed by atoms with Crippen LogP contribution in [-0.2, 0) is 20.9 Å². The van der Waals surface area contributed by atoms with Gasteiger partial charge in [-0.1, -0.05) is 20.8 Å². The molecule has 1 N–H and O–H groups in total. The van der Waals surface area contributed by atoms with E-state index in [4.69, 9.17) is 4.74 Å². The van der Waals surface area contributed by atoms with Crippen molar-refractivity contribution in [3.8, 4) is 0 Å². The summed E-state index contributed by atoms with van der Waals surface area (Å²) in [7, 11) is 5.60. The molecule has 27 heavy (non-hydrogen) atoms. The predicted octanol–water partition coefficient (Wildman–Crippen LogP) is 3.51. The SMILES string of the molecule is CCC(=O)Nc1ccc(N(C)C)c(CN(CCOC)C(=O)C(CC)CC)c1. The molecule has 0 aliphatic carbocycles. The van der Waals surface area contributed by atoms with Gasteiger partial charge in [0.1, 0.15) is 0 Å². The van der Waals surface area contributed by atoms with Gasteiger partial charge in [0.25, 0.3) is 0 Å². The molecule has 0 unspecified atom stereocenters. The van der Waals surface area contributed by atoms with E-state index < -0.39 is 0 Å². The minimum absolute atomic E-state index is 0.0210. The van der Waals surface area contributed by atoms with Gasteiger partial charge in [0.05, 0.1) is 6.61 Å². The minimum atomic E-state index is -0.0251. The lowest BCUT2D eigenvalue weighted by molar-refractivity contribution is -0.137. The van der Waals surface area contributed by atoms with Crippen LogP contribution in [0.1, 0.15) is 45.6 Å². The maximum Gasteiger partial charge on any atom is 0.226 e. The summed E-state index contributed by atoms with van der Waals surface area (Å²) < 4.78 is 5.21. The Labute approximate surface area is 163 Å². The number of nitrogens with one attached hydrogen (secondary N) is 1. The van der Waals surface area contributed by atoms with Gasteiger partial charge in [0.15, 0.2) is 0 Å². The first kappa shape index (κ1) is 23.0. The van der Waals surface area contributed by atoms with E-state index in [-0.39, 0.29) is 17.7 Å². The molecule has 0 saturated heterocycles. The number of hydrogen-bond donors (Lipinski definition) is 1. The molecule has 0 spiro atoms. The number of nitrogens with zero attached hydrogens (tertiary/aromatic N) is 2. The normalized spacial score (nSPS) is 10.8. The van der Waals surface area contributed by atoms with Crippen molar-refractivity contribution < 1.29 is 14.3 Å². The molecule has 0 heterocycles. The van der Waals surface area contributed by atoms with Crippen LogP contribution in [0.2, 0.25) is 0 Å². The molecule has 6 heteroatoms. The maximum atomic E-state index is 13.0. The number of carbonyl (C=O) groups is 2. The minimum Gasteiger partial charge on any atom is -0.383 e. The molecule has 1 aromatic rings. The Kier molecular flexibility index (Phi) is 9.86. The fourth-order valence-electron chi connectivity index (χ4n) is 3.05. The van der Waals surface area contributed by atoms with Crippen molar-refractivity contribution in [3.63, 3.8) is 0 Å². The Morgan fingerprint density at radius 3 is 2.33 bits per heavy atom. The van der Waals surface area contributed by atoms with Crippen LogP contribution in [0.25, 0.3) is 0 Å². The summed E-state index contributed by atoms with van der Waals surface area (Å²) in [5.41, 5.74) is 2.79.